The predicted octanol–water partition coefficient (Wildman–Crippen LogP) is 4.33. The minimum atomic E-state index is -0.758. The second-order valence-corrected chi connectivity index (χ2v) is 7.18. The maximum Gasteiger partial charge on any atom is 0.181 e. The maximum atomic E-state index is 10.6. The predicted molar refractivity (Wildman–Crippen MR) is 113 cm³/mol. The fraction of sp³-hybridized carbons (Fsp3) is 1.00. The summed E-state index contributed by atoms with van der Waals surface area (Å²) >= 11 is 0. The minimum Gasteiger partial charge on any atom is -0.388 e. The zero-order chi connectivity index (χ0) is 20.9. The summed E-state index contributed by atoms with van der Waals surface area (Å²) in [6.07, 6.45) is 6.48. The van der Waals surface area contributed by atoms with Crippen LogP contribution >= 0.6 is 0 Å². The SMILES string of the molecule is CCCCOCC(O[C@H](COCCCC)OCCCC)[C@@H](O)COCCCC. The molecule has 1 unspecified atom stereocenters. The van der Waals surface area contributed by atoms with E-state index in [0.717, 1.165) is 51.4 Å². The molecule has 3 atom stereocenters. The quantitative estimate of drug-likeness (QED) is 0.213. The van der Waals surface area contributed by atoms with Crippen molar-refractivity contribution < 1.29 is 28.8 Å². The third-order valence-electron chi connectivity index (χ3n) is 4.31. The van der Waals surface area contributed by atoms with Gasteiger partial charge in [0.1, 0.15) is 12.2 Å². The molecular weight excluding hydrogens is 360 g/mol. The summed E-state index contributed by atoms with van der Waals surface area (Å²) in [5.74, 6) is 0. The molecule has 0 aromatic heterocycles. The number of ether oxygens (including phenoxy) is 5. The summed E-state index contributed by atoms with van der Waals surface area (Å²) in [5.41, 5.74) is 0. The molecule has 0 amide bonds. The fourth-order valence-corrected chi connectivity index (χ4v) is 2.35. The van der Waals surface area contributed by atoms with Crippen molar-refractivity contribution in [3.63, 3.8) is 0 Å². The standard InChI is InChI=1S/C22H46O6/c1-5-9-13-24-17-20(23)21(18-25-14-10-6-2)28-22(27-16-12-8-4)19-26-15-11-7-3/h20-23H,5-19H2,1-4H3/t20-,21?,22+/m0/s1. The normalized spacial score (nSPS) is 14.9. The molecule has 0 aliphatic carbocycles. The summed E-state index contributed by atoms with van der Waals surface area (Å²) in [4.78, 5) is 0. The molecule has 0 saturated carbocycles. The van der Waals surface area contributed by atoms with Gasteiger partial charge < -0.3 is 28.8 Å². The average Bonchev–Trinajstić information content (AvgIpc) is 2.70. The van der Waals surface area contributed by atoms with Crippen LogP contribution < -0.4 is 0 Å². The molecule has 0 fully saturated rings. The van der Waals surface area contributed by atoms with Crippen LogP contribution in [0.4, 0.5) is 0 Å². The number of hydrogen-bond donors (Lipinski definition) is 1. The fourth-order valence-electron chi connectivity index (χ4n) is 2.35. The Hall–Kier alpha value is -0.240. The summed E-state index contributed by atoms with van der Waals surface area (Å²) in [7, 11) is 0. The van der Waals surface area contributed by atoms with Crippen LogP contribution in [0.15, 0.2) is 0 Å². The molecule has 0 heterocycles. The lowest BCUT2D eigenvalue weighted by Gasteiger charge is -2.28. The molecule has 0 spiro atoms. The second kappa shape index (κ2) is 21.5. The number of aliphatic hydroxyl groups excluding tert-OH is 1. The van der Waals surface area contributed by atoms with E-state index >= 15 is 0 Å². The molecule has 0 bridgehead atoms. The third-order valence-corrected chi connectivity index (χ3v) is 4.31. The molecule has 0 aliphatic heterocycles. The van der Waals surface area contributed by atoms with E-state index in [1.165, 1.54) is 0 Å². The van der Waals surface area contributed by atoms with Gasteiger partial charge in [0.15, 0.2) is 6.29 Å². The van der Waals surface area contributed by atoms with Gasteiger partial charge in [-0.1, -0.05) is 53.4 Å². The van der Waals surface area contributed by atoms with Crippen molar-refractivity contribution >= 4 is 0 Å². The number of unbranched alkanes of at least 4 members (excludes halogenated alkanes) is 4. The third kappa shape index (κ3) is 16.7. The molecule has 0 rings (SSSR count). The highest BCUT2D eigenvalue weighted by Gasteiger charge is 2.25. The Morgan fingerprint density at radius 1 is 0.607 bits per heavy atom. The first-order valence-electron chi connectivity index (χ1n) is 11.4. The van der Waals surface area contributed by atoms with Gasteiger partial charge in [0.2, 0.25) is 0 Å². The van der Waals surface area contributed by atoms with Crippen molar-refractivity contribution in [1.29, 1.82) is 0 Å². The van der Waals surface area contributed by atoms with Gasteiger partial charge in [-0.3, -0.25) is 0 Å². The first-order chi connectivity index (χ1) is 13.7. The Bertz CT molecular complexity index is 303. The number of hydrogen-bond acceptors (Lipinski definition) is 6. The van der Waals surface area contributed by atoms with Gasteiger partial charge in [0, 0.05) is 26.4 Å². The van der Waals surface area contributed by atoms with Crippen LogP contribution in [0.25, 0.3) is 0 Å². The first kappa shape index (κ1) is 27.8. The zero-order valence-electron chi connectivity index (χ0n) is 18.8. The van der Waals surface area contributed by atoms with Gasteiger partial charge >= 0.3 is 0 Å². The number of rotatable bonds is 22. The second-order valence-electron chi connectivity index (χ2n) is 7.18. The summed E-state index contributed by atoms with van der Waals surface area (Å²) in [5, 5.41) is 10.6. The van der Waals surface area contributed by atoms with Gasteiger partial charge in [-0.15, -0.1) is 0 Å². The van der Waals surface area contributed by atoms with E-state index in [-0.39, 0.29) is 6.61 Å². The largest absolute Gasteiger partial charge is 0.388 e. The first-order valence-corrected chi connectivity index (χ1v) is 11.4. The van der Waals surface area contributed by atoms with E-state index in [4.69, 9.17) is 23.7 Å². The lowest BCUT2D eigenvalue weighted by Crippen LogP contribution is -2.41. The van der Waals surface area contributed by atoms with E-state index in [2.05, 4.69) is 27.7 Å². The zero-order valence-corrected chi connectivity index (χ0v) is 18.8. The molecule has 28 heavy (non-hydrogen) atoms. The summed E-state index contributed by atoms with van der Waals surface area (Å²) in [6, 6.07) is 0. The van der Waals surface area contributed by atoms with Crippen LogP contribution in [0, 0.1) is 0 Å². The van der Waals surface area contributed by atoms with Crippen molar-refractivity contribution in [2.24, 2.45) is 0 Å². The molecule has 1 N–H and O–H groups in total. The Balaban J connectivity index is 4.63. The molecule has 0 aliphatic rings. The van der Waals surface area contributed by atoms with Crippen LogP contribution in [0.3, 0.4) is 0 Å². The lowest BCUT2D eigenvalue weighted by atomic mass is 10.2. The van der Waals surface area contributed by atoms with Crippen LogP contribution in [0.5, 0.6) is 0 Å². The van der Waals surface area contributed by atoms with Crippen LogP contribution in [0.1, 0.15) is 79.1 Å². The highest BCUT2D eigenvalue weighted by Crippen LogP contribution is 2.10. The van der Waals surface area contributed by atoms with E-state index in [9.17, 15) is 5.11 Å². The monoisotopic (exact) mass is 406 g/mol. The average molecular weight is 407 g/mol. The van der Waals surface area contributed by atoms with E-state index in [0.29, 0.717) is 39.6 Å². The summed E-state index contributed by atoms with van der Waals surface area (Å²) in [6.45, 7) is 12.0. The van der Waals surface area contributed by atoms with Gasteiger partial charge in [-0.25, -0.2) is 0 Å². The molecule has 0 radical (unpaired) electrons. The number of aliphatic hydroxyl groups is 1. The van der Waals surface area contributed by atoms with E-state index < -0.39 is 18.5 Å². The van der Waals surface area contributed by atoms with Gasteiger partial charge in [-0.05, 0) is 25.7 Å². The summed E-state index contributed by atoms with van der Waals surface area (Å²) < 4.78 is 28.9. The van der Waals surface area contributed by atoms with Gasteiger partial charge in [0.05, 0.1) is 19.8 Å². The van der Waals surface area contributed by atoms with Crippen molar-refractivity contribution in [2.45, 2.75) is 97.6 Å². The maximum absolute atomic E-state index is 10.6. The van der Waals surface area contributed by atoms with E-state index in [1.54, 1.807) is 0 Å². The smallest absolute Gasteiger partial charge is 0.181 e. The van der Waals surface area contributed by atoms with Crippen molar-refractivity contribution in [3.8, 4) is 0 Å². The molecular formula is C22H46O6. The molecule has 6 heteroatoms. The van der Waals surface area contributed by atoms with Crippen LogP contribution in [-0.2, 0) is 23.7 Å². The van der Waals surface area contributed by atoms with Crippen molar-refractivity contribution in [2.75, 3.05) is 46.2 Å². The Labute approximate surface area is 173 Å². The van der Waals surface area contributed by atoms with Gasteiger partial charge in [0.25, 0.3) is 0 Å². The molecule has 6 nitrogen and oxygen atoms in total. The topological polar surface area (TPSA) is 66.4 Å². The minimum absolute atomic E-state index is 0.236. The molecule has 170 valence electrons. The van der Waals surface area contributed by atoms with Gasteiger partial charge in [-0.2, -0.15) is 0 Å². The highest BCUT2D eigenvalue weighted by atomic mass is 16.7. The van der Waals surface area contributed by atoms with Crippen molar-refractivity contribution in [3.05, 3.63) is 0 Å². The molecule has 0 saturated heterocycles. The molecule has 0 aromatic carbocycles. The Morgan fingerprint density at radius 3 is 1.61 bits per heavy atom. The van der Waals surface area contributed by atoms with E-state index in [1.807, 2.05) is 0 Å². The molecule has 0 aromatic rings. The highest BCUT2D eigenvalue weighted by molar-refractivity contribution is 4.70. The Kier molecular flexibility index (Phi) is 21.3. The van der Waals surface area contributed by atoms with Crippen molar-refractivity contribution in [1.82, 2.24) is 0 Å². The van der Waals surface area contributed by atoms with Crippen LogP contribution in [-0.4, -0.2) is 69.9 Å². The lowest BCUT2D eigenvalue weighted by molar-refractivity contribution is -0.227. The van der Waals surface area contributed by atoms with Crippen LogP contribution in [0.2, 0.25) is 0 Å². The Morgan fingerprint density at radius 2 is 1.07 bits per heavy atom.